The Morgan fingerprint density at radius 2 is 1.37 bits per heavy atom. The Balaban J connectivity index is 0.00000676. The first kappa shape index (κ1) is 28.0. The van der Waals surface area contributed by atoms with Crippen LogP contribution in [0.3, 0.4) is 0 Å². The zero-order valence-corrected chi connectivity index (χ0v) is 23.8. The van der Waals surface area contributed by atoms with Gasteiger partial charge in [-0.3, -0.25) is 0 Å². The van der Waals surface area contributed by atoms with Gasteiger partial charge in [-0.05, 0) is 0 Å². The van der Waals surface area contributed by atoms with E-state index in [2.05, 4.69) is 59.5 Å². The summed E-state index contributed by atoms with van der Waals surface area (Å²) >= 11 is -2.02. The van der Waals surface area contributed by atoms with Crippen LogP contribution in [0.25, 0.3) is 0 Å². The molecule has 2 nitrogen and oxygen atoms in total. The van der Waals surface area contributed by atoms with Crippen LogP contribution in [0.2, 0.25) is 31.4 Å². The molecule has 1 saturated heterocycles. The minimum absolute atomic E-state index is 0. The first-order chi connectivity index (χ1) is 12.1. The molecule has 0 N–H and O–H groups in total. The molecule has 1 unspecified atom stereocenters. The predicted octanol–water partition coefficient (Wildman–Crippen LogP) is 6.70. The second-order valence-corrected chi connectivity index (χ2v) is 29.1. The SMILES string of the molecule is CCC[CH2][Sn]([CH2]CCC)([CH2]CCC)[C@@H]1CN1CCO[Si](C)(C)C(C)(C)C.[B]. The van der Waals surface area contributed by atoms with Crippen LogP contribution in [0.15, 0.2) is 0 Å². The Labute approximate surface area is 179 Å². The Bertz CT molecular complexity index is 378. The summed E-state index contributed by atoms with van der Waals surface area (Å²) in [6, 6.07) is 0. The van der Waals surface area contributed by atoms with Crippen molar-refractivity contribution >= 4 is 35.1 Å². The number of unbranched alkanes of at least 4 members (excludes halogenated alkanes) is 3. The molecule has 0 bridgehead atoms. The Kier molecular flexibility index (Phi) is 13.1. The van der Waals surface area contributed by atoms with Crippen molar-refractivity contribution in [3.63, 3.8) is 0 Å². The minimum Gasteiger partial charge on any atom is 0 e. The third-order valence-corrected chi connectivity index (χ3v) is 28.8. The summed E-state index contributed by atoms with van der Waals surface area (Å²) in [6.45, 7) is 22.5. The molecule has 1 rings (SSSR count). The average Bonchev–Trinajstić information content (AvgIpc) is 3.33. The van der Waals surface area contributed by atoms with E-state index in [1.54, 1.807) is 13.3 Å². The maximum absolute atomic E-state index is 6.47. The van der Waals surface area contributed by atoms with Crippen LogP contribution < -0.4 is 0 Å². The van der Waals surface area contributed by atoms with E-state index in [4.69, 9.17) is 4.43 Å². The molecule has 27 heavy (non-hydrogen) atoms. The van der Waals surface area contributed by atoms with Gasteiger partial charge in [-0.1, -0.05) is 0 Å². The fourth-order valence-corrected chi connectivity index (χ4v) is 23.5. The van der Waals surface area contributed by atoms with E-state index in [1.807, 2.05) is 0 Å². The van der Waals surface area contributed by atoms with Crippen LogP contribution in [0.1, 0.15) is 80.1 Å². The summed E-state index contributed by atoms with van der Waals surface area (Å²) in [5.74, 6) is 0. The van der Waals surface area contributed by atoms with E-state index in [9.17, 15) is 0 Å². The van der Waals surface area contributed by atoms with Gasteiger partial charge in [0.2, 0.25) is 0 Å². The summed E-state index contributed by atoms with van der Waals surface area (Å²) in [7, 11) is -1.58. The predicted molar refractivity (Wildman–Crippen MR) is 129 cm³/mol. The van der Waals surface area contributed by atoms with Crippen molar-refractivity contribution in [1.82, 2.24) is 4.90 Å². The summed E-state index contributed by atoms with van der Waals surface area (Å²) in [4.78, 5) is 2.82. The minimum atomic E-state index is -2.02. The van der Waals surface area contributed by atoms with Crippen molar-refractivity contribution < 1.29 is 4.43 Å². The van der Waals surface area contributed by atoms with Crippen molar-refractivity contribution in [2.24, 2.45) is 0 Å². The third kappa shape index (κ3) is 8.72. The second kappa shape index (κ2) is 12.6. The Hall–Kier alpha value is 1.00. The van der Waals surface area contributed by atoms with Crippen molar-refractivity contribution in [3.05, 3.63) is 0 Å². The first-order valence-electron chi connectivity index (χ1n) is 11.5. The van der Waals surface area contributed by atoms with Gasteiger partial charge in [0.15, 0.2) is 0 Å². The molecule has 0 aromatic rings. The van der Waals surface area contributed by atoms with E-state index >= 15 is 0 Å². The van der Waals surface area contributed by atoms with E-state index in [0.29, 0.717) is 5.04 Å². The van der Waals surface area contributed by atoms with Crippen LogP contribution >= 0.6 is 0 Å². The van der Waals surface area contributed by atoms with Gasteiger partial charge < -0.3 is 0 Å². The maximum atomic E-state index is 6.47. The van der Waals surface area contributed by atoms with Gasteiger partial charge in [0.1, 0.15) is 0 Å². The molecule has 2 atom stereocenters. The van der Waals surface area contributed by atoms with Gasteiger partial charge in [-0.25, -0.2) is 0 Å². The molecule has 0 aromatic heterocycles. The van der Waals surface area contributed by atoms with Crippen LogP contribution in [-0.4, -0.2) is 63.8 Å². The third-order valence-electron chi connectivity index (χ3n) is 7.15. The molecule has 0 spiro atoms. The molecule has 1 heterocycles. The molecule has 0 saturated carbocycles. The Morgan fingerprint density at radius 1 is 0.926 bits per heavy atom. The monoisotopic (exact) mass is 502 g/mol. The average molecular weight is 501 g/mol. The van der Waals surface area contributed by atoms with Crippen molar-refractivity contribution in [2.45, 2.75) is 116 Å². The van der Waals surface area contributed by atoms with Gasteiger partial charge in [-0.15, -0.1) is 0 Å². The van der Waals surface area contributed by atoms with Gasteiger partial charge in [0, 0.05) is 8.41 Å². The first-order valence-corrected chi connectivity index (χ1v) is 22.1. The number of hydrogen-bond donors (Lipinski definition) is 0. The standard InChI is InChI=1S/C10H22NOSi.3C4H9.B.Sn/c1-10(2,3)13(4,5)12-9-8-11-6-7-11;3*1-3-4-2;;/h6H,7-9H2,1-5H3;3*1,3-4H2,2H3;;. The molecule has 159 valence electrons. The van der Waals surface area contributed by atoms with Gasteiger partial charge in [0.25, 0.3) is 0 Å². The molecule has 0 aromatic carbocycles. The largest absolute Gasteiger partial charge is 0 e. The second-order valence-electron chi connectivity index (χ2n) is 10.3. The summed E-state index contributed by atoms with van der Waals surface area (Å²) < 4.78 is 12.5. The number of nitrogens with zero attached hydrogens (tertiary/aromatic N) is 1. The molecular weight excluding hydrogens is 452 g/mol. The smallest absolute Gasteiger partial charge is 0 e. The fourth-order valence-electron chi connectivity index (χ4n) is 4.10. The molecule has 1 aliphatic rings. The summed E-state index contributed by atoms with van der Waals surface area (Å²) in [5.41, 5.74) is 0. The number of hydrogen-bond acceptors (Lipinski definition) is 2. The molecule has 0 amide bonds. The van der Waals surface area contributed by atoms with E-state index in [-0.39, 0.29) is 8.41 Å². The molecule has 1 aliphatic heterocycles. The topological polar surface area (TPSA) is 12.2 Å². The van der Waals surface area contributed by atoms with Gasteiger partial charge >= 0.3 is 171 Å². The van der Waals surface area contributed by atoms with Crippen LogP contribution in [0, 0.1) is 0 Å². The van der Waals surface area contributed by atoms with E-state index < -0.39 is 26.7 Å². The van der Waals surface area contributed by atoms with Crippen molar-refractivity contribution in [1.29, 1.82) is 0 Å². The normalized spacial score (nSPS) is 20.4. The van der Waals surface area contributed by atoms with E-state index in [0.717, 1.165) is 10.7 Å². The molecule has 5 heteroatoms. The summed E-state index contributed by atoms with van der Waals surface area (Å²) in [6.07, 6.45) is 8.64. The fraction of sp³-hybridized carbons (Fsp3) is 1.00. The zero-order valence-electron chi connectivity index (χ0n) is 20.0. The van der Waals surface area contributed by atoms with Crippen LogP contribution in [0.5, 0.6) is 0 Å². The van der Waals surface area contributed by atoms with Gasteiger partial charge in [-0.2, -0.15) is 0 Å². The molecule has 0 aliphatic carbocycles. The van der Waals surface area contributed by atoms with Crippen LogP contribution in [0.4, 0.5) is 0 Å². The van der Waals surface area contributed by atoms with E-state index in [1.165, 1.54) is 51.6 Å². The zero-order chi connectivity index (χ0) is 19.8. The Morgan fingerprint density at radius 3 is 1.74 bits per heavy atom. The number of rotatable bonds is 14. The quantitative estimate of drug-likeness (QED) is 0.194. The van der Waals surface area contributed by atoms with Crippen molar-refractivity contribution in [2.75, 3.05) is 19.7 Å². The van der Waals surface area contributed by atoms with Crippen molar-refractivity contribution in [3.8, 4) is 0 Å². The maximum Gasteiger partial charge on any atom is 0 e. The molecular formula is C22H49BNOSiSn. The molecule has 1 fully saturated rings. The molecule has 3 radical (unpaired) electrons. The van der Waals surface area contributed by atoms with Gasteiger partial charge in [0.05, 0.1) is 0 Å². The summed E-state index contributed by atoms with van der Waals surface area (Å²) in [5, 5.41) is 0.331. The van der Waals surface area contributed by atoms with Crippen LogP contribution in [-0.2, 0) is 4.43 Å².